The van der Waals surface area contributed by atoms with Crippen LogP contribution in [0.2, 0.25) is 0 Å². The summed E-state index contributed by atoms with van der Waals surface area (Å²) in [6.07, 6.45) is 1.25. The number of hydrazine groups is 1. The van der Waals surface area contributed by atoms with E-state index in [4.69, 9.17) is 10.6 Å². The summed E-state index contributed by atoms with van der Waals surface area (Å²) in [6, 6.07) is 6.78. The minimum Gasteiger partial charge on any atom is -0.481 e. The number of hydrogen-bond donors (Lipinski definition) is 2. The van der Waals surface area contributed by atoms with Gasteiger partial charge in [0, 0.05) is 12.0 Å². The number of carbonyl (C=O) groups is 2. The Morgan fingerprint density at radius 3 is 2.37 bits per heavy atom. The van der Waals surface area contributed by atoms with Crippen LogP contribution in [0.3, 0.4) is 0 Å². The molecular weight excluding hydrogens is 244 g/mol. The molecule has 0 spiro atoms. The second-order valence-electron chi connectivity index (χ2n) is 4.20. The van der Waals surface area contributed by atoms with Gasteiger partial charge in [-0.3, -0.25) is 15.0 Å². The van der Waals surface area contributed by atoms with Crippen molar-refractivity contribution in [2.24, 2.45) is 5.84 Å². The maximum absolute atomic E-state index is 11.5. The number of nitrogens with two attached hydrogens (primary N) is 1. The van der Waals surface area contributed by atoms with Crippen molar-refractivity contribution in [1.82, 2.24) is 5.43 Å². The molecule has 5 heteroatoms. The van der Waals surface area contributed by atoms with Crippen molar-refractivity contribution in [2.75, 3.05) is 0 Å². The first-order valence-corrected chi connectivity index (χ1v) is 6.42. The van der Waals surface area contributed by atoms with Gasteiger partial charge in [0.15, 0.2) is 11.9 Å². The molecule has 0 aliphatic rings. The van der Waals surface area contributed by atoms with Crippen molar-refractivity contribution in [3.63, 3.8) is 0 Å². The molecule has 1 unspecified atom stereocenters. The Labute approximate surface area is 113 Å². The highest BCUT2D eigenvalue weighted by Gasteiger charge is 2.18. The second-order valence-corrected chi connectivity index (χ2v) is 4.20. The Balaban J connectivity index is 2.74. The van der Waals surface area contributed by atoms with Crippen LogP contribution in [0.4, 0.5) is 0 Å². The van der Waals surface area contributed by atoms with Gasteiger partial charge in [0.25, 0.3) is 5.91 Å². The molecule has 1 aromatic carbocycles. The molecular formula is C14H20N2O3. The van der Waals surface area contributed by atoms with Crippen molar-refractivity contribution in [2.45, 2.75) is 39.2 Å². The van der Waals surface area contributed by atoms with Gasteiger partial charge < -0.3 is 4.74 Å². The van der Waals surface area contributed by atoms with Crippen LogP contribution >= 0.6 is 0 Å². The average molecular weight is 264 g/mol. The van der Waals surface area contributed by atoms with Gasteiger partial charge in [-0.2, -0.15) is 0 Å². The third kappa shape index (κ3) is 4.37. The van der Waals surface area contributed by atoms with Crippen molar-refractivity contribution in [1.29, 1.82) is 0 Å². The van der Waals surface area contributed by atoms with Crippen molar-refractivity contribution < 1.29 is 14.3 Å². The number of benzene rings is 1. The standard InChI is InChI=1S/C14H20N2O3/c1-3-5-13(14(18)16-15)19-11-8-6-10(7-9-11)12(17)4-2/h6-9,13H,3-5,15H2,1-2H3,(H,16,18). The summed E-state index contributed by atoms with van der Waals surface area (Å²) in [7, 11) is 0. The monoisotopic (exact) mass is 264 g/mol. The predicted octanol–water partition coefficient (Wildman–Crippen LogP) is 1.82. The summed E-state index contributed by atoms with van der Waals surface area (Å²) >= 11 is 0. The Hall–Kier alpha value is -1.88. The number of carbonyl (C=O) groups excluding carboxylic acids is 2. The molecule has 0 fully saturated rings. The van der Waals surface area contributed by atoms with Crippen LogP contribution < -0.4 is 16.0 Å². The fourth-order valence-corrected chi connectivity index (χ4v) is 1.69. The summed E-state index contributed by atoms with van der Waals surface area (Å²) < 4.78 is 5.57. The summed E-state index contributed by atoms with van der Waals surface area (Å²) in [5.41, 5.74) is 2.73. The second kappa shape index (κ2) is 7.53. The molecule has 1 amide bonds. The first-order valence-electron chi connectivity index (χ1n) is 6.42. The number of ketones is 1. The van der Waals surface area contributed by atoms with Crippen LogP contribution in [0.5, 0.6) is 5.75 Å². The molecule has 0 heterocycles. The van der Waals surface area contributed by atoms with E-state index in [1.54, 1.807) is 24.3 Å². The molecule has 1 rings (SSSR count). The van der Waals surface area contributed by atoms with Crippen LogP contribution in [0.15, 0.2) is 24.3 Å². The van der Waals surface area contributed by atoms with Gasteiger partial charge in [-0.25, -0.2) is 5.84 Å². The molecule has 0 bridgehead atoms. The van der Waals surface area contributed by atoms with Gasteiger partial charge in [0.05, 0.1) is 0 Å². The molecule has 19 heavy (non-hydrogen) atoms. The van der Waals surface area contributed by atoms with E-state index in [1.807, 2.05) is 13.8 Å². The van der Waals surface area contributed by atoms with E-state index in [2.05, 4.69) is 5.43 Å². The van der Waals surface area contributed by atoms with Gasteiger partial charge in [-0.15, -0.1) is 0 Å². The molecule has 1 atom stereocenters. The van der Waals surface area contributed by atoms with Gasteiger partial charge >= 0.3 is 0 Å². The van der Waals surface area contributed by atoms with Gasteiger partial charge in [-0.1, -0.05) is 20.3 Å². The molecule has 3 N–H and O–H groups in total. The lowest BCUT2D eigenvalue weighted by molar-refractivity contribution is -0.128. The summed E-state index contributed by atoms with van der Waals surface area (Å²) in [6.45, 7) is 3.78. The van der Waals surface area contributed by atoms with Gasteiger partial charge in [-0.05, 0) is 30.7 Å². The summed E-state index contributed by atoms with van der Waals surface area (Å²) in [5.74, 6) is 5.39. The SMILES string of the molecule is CCCC(Oc1ccc(C(=O)CC)cc1)C(=O)NN. The average Bonchev–Trinajstić information content (AvgIpc) is 2.46. The molecule has 0 saturated heterocycles. The van der Waals surface area contributed by atoms with E-state index in [-0.39, 0.29) is 11.7 Å². The first-order chi connectivity index (χ1) is 9.12. The van der Waals surface area contributed by atoms with Gasteiger partial charge in [0.2, 0.25) is 0 Å². The molecule has 1 aromatic rings. The highest BCUT2D eigenvalue weighted by Crippen LogP contribution is 2.16. The first kappa shape index (κ1) is 15.2. The molecule has 5 nitrogen and oxygen atoms in total. The van der Waals surface area contributed by atoms with Crippen molar-refractivity contribution >= 4 is 11.7 Å². The Bertz CT molecular complexity index is 429. The Morgan fingerprint density at radius 1 is 1.26 bits per heavy atom. The van der Waals surface area contributed by atoms with E-state index in [9.17, 15) is 9.59 Å². The van der Waals surface area contributed by atoms with Crippen LogP contribution in [-0.2, 0) is 4.79 Å². The highest BCUT2D eigenvalue weighted by molar-refractivity contribution is 5.95. The zero-order valence-electron chi connectivity index (χ0n) is 11.3. The third-order valence-corrected chi connectivity index (χ3v) is 2.76. The normalized spacial score (nSPS) is 11.7. The van der Waals surface area contributed by atoms with E-state index < -0.39 is 6.10 Å². The van der Waals surface area contributed by atoms with Crippen LogP contribution in [0, 0.1) is 0 Å². The minimum atomic E-state index is -0.609. The fourth-order valence-electron chi connectivity index (χ4n) is 1.69. The number of nitrogens with one attached hydrogen (secondary N) is 1. The smallest absolute Gasteiger partial charge is 0.274 e. The quantitative estimate of drug-likeness (QED) is 0.340. The number of rotatable bonds is 7. The minimum absolute atomic E-state index is 0.0800. The number of ether oxygens (including phenoxy) is 1. The lowest BCUT2D eigenvalue weighted by Crippen LogP contribution is -2.42. The molecule has 0 aliphatic carbocycles. The van der Waals surface area contributed by atoms with Crippen LogP contribution in [-0.4, -0.2) is 17.8 Å². The zero-order valence-corrected chi connectivity index (χ0v) is 11.3. The summed E-state index contributed by atoms with van der Waals surface area (Å²) in [5, 5.41) is 0. The molecule has 0 radical (unpaired) electrons. The van der Waals surface area contributed by atoms with E-state index in [0.717, 1.165) is 6.42 Å². The molecule has 0 aliphatic heterocycles. The van der Waals surface area contributed by atoms with Crippen molar-refractivity contribution in [3.8, 4) is 5.75 Å². The van der Waals surface area contributed by atoms with Crippen LogP contribution in [0.1, 0.15) is 43.5 Å². The summed E-state index contributed by atoms with van der Waals surface area (Å²) in [4.78, 5) is 23.0. The number of amides is 1. The topological polar surface area (TPSA) is 81.4 Å². The molecule has 104 valence electrons. The largest absolute Gasteiger partial charge is 0.481 e. The number of hydrogen-bond acceptors (Lipinski definition) is 4. The maximum atomic E-state index is 11.5. The predicted molar refractivity (Wildman–Crippen MR) is 72.7 cm³/mol. The molecule has 0 aromatic heterocycles. The maximum Gasteiger partial charge on any atom is 0.274 e. The zero-order chi connectivity index (χ0) is 14.3. The fraction of sp³-hybridized carbons (Fsp3) is 0.429. The molecule has 0 saturated carbocycles. The highest BCUT2D eigenvalue weighted by atomic mass is 16.5. The van der Waals surface area contributed by atoms with E-state index in [0.29, 0.717) is 24.2 Å². The lowest BCUT2D eigenvalue weighted by atomic mass is 10.1. The van der Waals surface area contributed by atoms with E-state index in [1.165, 1.54) is 0 Å². The lowest BCUT2D eigenvalue weighted by Gasteiger charge is -2.16. The van der Waals surface area contributed by atoms with Gasteiger partial charge in [0.1, 0.15) is 5.75 Å². The van der Waals surface area contributed by atoms with Crippen molar-refractivity contribution in [3.05, 3.63) is 29.8 Å². The number of Topliss-reactive ketones (excluding diaryl/α,β-unsaturated/α-hetero) is 1. The third-order valence-electron chi connectivity index (χ3n) is 2.76. The van der Waals surface area contributed by atoms with Crippen LogP contribution in [0.25, 0.3) is 0 Å². The Morgan fingerprint density at radius 2 is 1.89 bits per heavy atom. The Kier molecular flexibility index (Phi) is 6.02. The van der Waals surface area contributed by atoms with E-state index >= 15 is 0 Å².